The average molecular weight is 537 g/mol. The Morgan fingerprint density at radius 2 is 1.89 bits per heavy atom. The predicted octanol–water partition coefficient (Wildman–Crippen LogP) is 6.34. The molecule has 9 heteroatoms. The van der Waals surface area contributed by atoms with Crippen LogP contribution in [0.1, 0.15) is 28.4 Å². The number of amidine groups is 1. The zero-order valence-electron chi connectivity index (χ0n) is 20.6. The number of aliphatic imine (C=N–C) groups is 1. The molecule has 0 saturated carbocycles. The van der Waals surface area contributed by atoms with Gasteiger partial charge in [0.05, 0.1) is 29.9 Å². The highest BCUT2D eigenvalue weighted by Crippen LogP contribution is 2.35. The van der Waals surface area contributed by atoms with Gasteiger partial charge in [-0.25, -0.2) is 9.79 Å². The maximum Gasteiger partial charge on any atom is 0.338 e. The van der Waals surface area contributed by atoms with E-state index in [2.05, 4.69) is 4.99 Å². The minimum absolute atomic E-state index is 0.177. The number of carbonyl (C=O) groups is 2. The first-order chi connectivity index (χ1) is 17.9. The summed E-state index contributed by atoms with van der Waals surface area (Å²) in [4.78, 5) is 31.5. The van der Waals surface area contributed by atoms with E-state index < -0.39 is 5.97 Å². The van der Waals surface area contributed by atoms with E-state index in [9.17, 15) is 9.59 Å². The van der Waals surface area contributed by atoms with Crippen LogP contribution in [0.5, 0.6) is 11.5 Å². The summed E-state index contributed by atoms with van der Waals surface area (Å²) in [7, 11) is 3.23. The van der Waals surface area contributed by atoms with Crippen LogP contribution >= 0.6 is 23.4 Å². The predicted molar refractivity (Wildman–Crippen MR) is 147 cm³/mol. The van der Waals surface area contributed by atoms with Crippen molar-refractivity contribution in [3.05, 3.63) is 93.3 Å². The molecule has 0 atom stereocenters. The molecule has 4 rings (SSSR count). The second-order valence-electron chi connectivity index (χ2n) is 7.93. The summed E-state index contributed by atoms with van der Waals surface area (Å²) in [6, 6.07) is 19.7. The van der Waals surface area contributed by atoms with Crippen LogP contribution in [0, 0.1) is 0 Å². The van der Waals surface area contributed by atoms with Crippen LogP contribution in [-0.2, 0) is 16.1 Å². The van der Waals surface area contributed by atoms with Gasteiger partial charge in [0.25, 0.3) is 5.91 Å². The number of hydrogen-bond acceptors (Lipinski definition) is 7. The minimum Gasteiger partial charge on any atom is -0.493 e. The Hall–Kier alpha value is -3.75. The highest BCUT2D eigenvalue weighted by molar-refractivity contribution is 8.18. The van der Waals surface area contributed by atoms with Crippen LogP contribution in [0.4, 0.5) is 5.69 Å². The highest BCUT2D eigenvalue weighted by Gasteiger charge is 2.30. The van der Waals surface area contributed by atoms with E-state index in [1.165, 1.54) is 16.7 Å². The van der Waals surface area contributed by atoms with Crippen LogP contribution < -0.4 is 9.47 Å². The van der Waals surface area contributed by atoms with Crippen molar-refractivity contribution in [3.8, 4) is 11.5 Å². The van der Waals surface area contributed by atoms with Crippen molar-refractivity contribution in [2.75, 3.05) is 20.8 Å². The molecule has 0 spiro atoms. The maximum absolute atomic E-state index is 12.9. The van der Waals surface area contributed by atoms with Gasteiger partial charge < -0.3 is 14.2 Å². The molecule has 3 aromatic carbocycles. The van der Waals surface area contributed by atoms with E-state index in [-0.39, 0.29) is 12.5 Å². The Bertz CT molecular complexity index is 1390. The third-order valence-corrected chi connectivity index (χ3v) is 6.84. The Kier molecular flexibility index (Phi) is 8.53. The molecule has 1 aliphatic rings. The first-order valence-corrected chi connectivity index (χ1v) is 12.7. The summed E-state index contributed by atoms with van der Waals surface area (Å²) in [6.07, 6.45) is 1.78. The summed E-state index contributed by atoms with van der Waals surface area (Å²) in [5.74, 6) is 0.510. The summed E-state index contributed by atoms with van der Waals surface area (Å²) >= 11 is 7.47. The van der Waals surface area contributed by atoms with Gasteiger partial charge >= 0.3 is 5.97 Å². The van der Waals surface area contributed by atoms with Gasteiger partial charge in [0.15, 0.2) is 16.7 Å². The Labute approximate surface area is 224 Å². The Morgan fingerprint density at radius 3 is 2.65 bits per heavy atom. The molecular weight excluding hydrogens is 512 g/mol. The fourth-order valence-electron chi connectivity index (χ4n) is 3.49. The van der Waals surface area contributed by atoms with Gasteiger partial charge in [0.1, 0.15) is 6.61 Å². The molecule has 0 aliphatic carbocycles. The number of thioether (sulfide) groups is 1. The second kappa shape index (κ2) is 12.0. The summed E-state index contributed by atoms with van der Waals surface area (Å²) in [5.41, 5.74) is 2.60. The van der Waals surface area contributed by atoms with Gasteiger partial charge in [-0.1, -0.05) is 41.9 Å². The molecule has 0 N–H and O–H groups in total. The lowest BCUT2D eigenvalue weighted by atomic mass is 10.2. The van der Waals surface area contributed by atoms with E-state index >= 15 is 0 Å². The van der Waals surface area contributed by atoms with Crippen molar-refractivity contribution in [2.24, 2.45) is 4.99 Å². The number of halogens is 1. The lowest BCUT2D eigenvalue weighted by molar-refractivity contribution is -0.121. The molecule has 1 saturated heterocycles. The maximum atomic E-state index is 12.9. The van der Waals surface area contributed by atoms with Crippen LogP contribution in [0.25, 0.3) is 6.08 Å². The number of likely N-dealkylation sites (N-methyl/N-ethyl adjacent to an activating group) is 1. The normalized spacial score (nSPS) is 15.4. The standard InChI is InChI=1S/C28H25ClN2O5S/c1-4-35-27(33)19-9-7-10-21(16-19)30-28-31(2)26(32)25(37-28)15-18-12-13-23(24(14-18)34-3)36-17-20-8-5-6-11-22(20)29/h5-16H,4,17H2,1-3H3. The molecule has 0 radical (unpaired) electrons. The summed E-state index contributed by atoms with van der Waals surface area (Å²) in [6.45, 7) is 2.34. The van der Waals surface area contributed by atoms with Gasteiger partial charge in [-0.15, -0.1) is 0 Å². The quantitative estimate of drug-likeness (QED) is 0.247. The third kappa shape index (κ3) is 6.34. The number of nitrogens with zero attached hydrogens (tertiary/aromatic N) is 2. The number of ether oxygens (including phenoxy) is 3. The minimum atomic E-state index is -0.415. The Morgan fingerprint density at radius 1 is 1.08 bits per heavy atom. The molecule has 0 bridgehead atoms. The van der Waals surface area contributed by atoms with Crippen LogP contribution in [0.15, 0.2) is 76.6 Å². The van der Waals surface area contributed by atoms with Gasteiger partial charge in [0, 0.05) is 17.6 Å². The van der Waals surface area contributed by atoms with Gasteiger partial charge in [0.2, 0.25) is 0 Å². The molecule has 0 unspecified atom stereocenters. The van der Waals surface area contributed by atoms with Crippen molar-refractivity contribution in [1.82, 2.24) is 4.90 Å². The van der Waals surface area contributed by atoms with Crippen molar-refractivity contribution < 1.29 is 23.8 Å². The molecule has 7 nitrogen and oxygen atoms in total. The summed E-state index contributed by atoms with van der Waals surface area (Å²) < 4.78 is 16.5. The number of esters is 1. The van der Waals surface area contributed by atoms with Gasteiger partial charge in [-0.2, -0.15) is 0 Å². The summed E-state index contributed by atoms with van der Waals surface area (Å²) in [5, 5.41) is 1.14. The molecule has 3 aromatic rings. The molecule has 1 heterocycles. The zero-order valence-corrected chi connectivity index (χ0v) is 22.1. The SMILES string of the molecule is CCOC(=O)c1cccc(N=C2SC(=Cc3ccc(OCc4ccccc4Cl)c(OC)c3)C(=O)N2C)c1. The average Bonchev–Trinajstić information content (AvgIpc) is 3.16. The number of amides is 1. The number of rotatable bonds is 8. The van der Waals surface area contributed by atoms with Crippen LogP contribution in [-0.4, -0.2) is 42.7 Å². The number of carbonyl (C=O) groups excluding carboxylic acids is 2. The van der Waals surface area contributed by atoms with Crippen LogP contribution in [0.2, 0.25) is 5.02 Å². The van der Waals surface area contributed by atoms with Crippen LogP contribution in [0.3, 0.4) is 0 Å². The molecule has 0 aromatic heterocycles. The van der Waals surface area contributed by atoms with E-state index in [0.29, 0.717) is 44.5 Å². The van der Waals surface area contributed by atoms with E-state index in [1.807, 2.05) is 30.3 Å². The van der Waals surface area contributed by atoms with E-state index in [4.69, 9.17) is 25.8 Å². The lowest BCUT2D eigenvalue weighted by Crippen LogP contribution is -2.23. The number of benzene rings is 3. The van der Waals surface area contributed by atoms with Gasteiger partial charge in [-0.05, 0) is 66.7 Å². The van der Waals surface area contributed by atoms with E-state index in [1.54, 1.807) is 63.6 Å². The molecule has 190 valence electrons. The fourth-order valence-corrected chi connectivity index (χ4v) is 4.67. The number of methoxy groups -OCH3 is 1. The first kappa shape index (κ1) is 26.3. The molecule has 1 fully saturated rings. The topological polar surface area (TPSA) is 77.4 Å². The largest absolute Gasteiger partial charge is 0.493 e. The Balaban J connectivity index is 1.52. The fraction of sp³-hybridized carbons (Fsp3) is 0.179. The lowest BCUT2D eigenvalue weighted by Gasteiger charge is -2.12. The molecular formula is C28H25ClN2O5S. The molecule has 37 heavy (non-hydrogen) atoms. The van der Waals surface area contributed by atoms with Crippen molar-refractivity contribution in [3.63, 3.8) is 0 Å². The van der Waals surface area contributed by atoms with Crippen molar-refractivity contribution in [1.29, 1.82) is 0 Å². The smallest absolute Gasteiger partial charge is 0.338 e. The number of hydrogen-bond donors (Lipinski definition) is 0. The highest BCUT2D eigenvalue weighted by atomic mass is 35.5. The third-order valence-electron chi connectivity index (χ3n) is 5.41. The van der Waals surface area contributed by atoms with E-state index in [0.717, 1.165) is 11.1 Å². The molecule has 1 aliphatic heterocycles. The van der Waals surface area contributed by atoms with Crippen molar-refractivity contribution in [2.45, 2.75) is 13.5 Å². The van der Waals surface area contributed by atoms with Gasteiger partial charge in [-0.3, -0.25) is 9.69 Å². The monoisotopic (exact) mass is 536 g/mol. The first-order valence-electron chi connectivity index (χ1n) is 11.5. The second-order valence-corrected chi connectivity index (χ2v) is 9.35. The zero-order chi connectivity index (χ0) is 26.4. The molecule has 1 amide bonds. The van der Waals surface area contributed by atoms with Crippen molar-refractivity contribution >= 4 is 52.2 Å².